The molecule has 5 nitrogen and oxygen atoms in total. The number of aromatic nitrogens is 3. The van der Waals surface area contributed by atoms with Gasteiger partial charge in [-0.2, -0.15) is 0 Å². The van der Waals surface area contributed by atoms with Crippen molar-refractivity contribution in [2.75, 3.05) is 13.1 Å². The van der Waals surface area contributed by atoms with E-state index in [1.165, 1.54) is 0 Å². The highest BCUT2D eigenvalue weighted by atomic mass is 16.2. The average Bonchev–Trinajstić information content (AvgIpc) is 2.84. The zero-order valence-electron chi connectivity index (χ0n) is 9.16. The molecule has 1 unspecified atom stereocenters. The van der Waals surface area contributed by atoms with E-state index in [2.05, 4.69) is 22.1 Å². The first-order chi connectivity index (χ1) is 7.20. The first-order valence-electron chi connectivity index (χ1n) is 5.39. The summed E-state index contributed by atoms with van der Waals surface area (Å²) in [6.45, 7) is 5.64. The van der Waals surface area contributed by atoms with Gasteiger partial charge in [-0.05, 0) is 19.3 Å². The number of carbonyl (C=O) groups is 1. The number of aromatic amines is 1. The number of aryl methyl sites for hydroxylation is 1. The van der Waals surface area contributed by atoms with Crippen LogP contribution in [0.4, 0.5) is 0 Å². The third kappa shape index (κ3) is 2.00. The molecule has 1 amide bonds. The molecule has 0 aromatic carbocycles. The summed E-state index contributed by atoms with van der Waals surface area (Å²) >= 11 is 0. The molecule has 1 N–H and O–H groups in total. The Morgan fingerprint density at radius 1 is 1.67 bits per heavy atom. The molecular formula is C10H16N4O. The van der Waals surface area contributed by atoms with E-state index < -0.39 is 0 Å². The Bertz CT molecular complexity index is 360. The summed E-state index contributed by atoms with van der Waals surface area (Å²) in [6, 6.07) is 0. The number of nitrogens with one attached hydrogen (secondary N) is 1. The van der Waals surface area contributed by atoms with E-state index in [4.69, 9.17) is 0 Å². The van der Waals surface area contributed by atoms with E-state index in [1.54, 1.807) is 6.92 Å². The minimum Gasteiger partial charge on any atom is -0.336 e. The van der Waals surface area contributed by atoms with Crippen molar-refractivity contribution in [1.82, 2.24) is 20.1 Å². The Morgan fingerprint density at radius 2 is 2.47 bits per heavy atom. The largest absolute Gasteiger partial charge is 0.336 e. The predicted molar refractivity (Wildman–Crippen MR) is 55.4 cm³/mol. The third-order valence-corrected chi connectivity index (χ3v) is 2.94. The molecule has 0 aliphatic carbocycles. The van der Waals surface area contributed by atoms with Gasteiger partial charge in [0.1, 0.15) is 5.82 Å². The lowest BCUT2D eigenvalue weighted by molar-refractivity contribution is 0.0775. The monoisotopic (exact) mass is 208 g/mol. The lowest BCUT2D eigenvalue weighted by Crippen LogP contribution is -2.29. The number of hydrogen-bond donors (Lipinski definition) is 1. The van der Waals surface area contributed by atoms with E-state index in [-0.39, 0.29) is 5.91 Å². The summed E-state index contributed by atoms with van der Waals surface area (Å²) in [5.74, 6) is 1.58. The van der Waals surface area contributed by atoms with Crippen LogP contribution < -0.4 is 0 Å². The molecule has 0 saturated carbocycles. The molecule has 0 radical (unpaired) electrons. The van der Waals surface area contributed by atoms with Gasteiger partial charge in [-0.15, -0.1) is 5.10 Å². The Balaban J connectivity index is 2.03. The standard InChI is InChI=1S/C10H16N4O/c1-3-8-4-5-14(6-8)10(15)9-11-7(2)12-13-9/h8H,3-6H2,1-2H3,(H,11,12,13). The van der Waals surface area contributed by atoms with Gasteiger partial charge in [-0.25, -0.2) is 4.98 Å². The van der Waals surface area contributed by atoms with E-state index in [1.807, 2.05) is 4.90 Å². The summed E-state index contributed by atoms with van der Waals surface area (Å²) in [5.41, 5.74) is 0. The molecule has 2 rings (SSSR count). The zero-order chi connectivity index (χ0) is 10.8. The maximum absolute atomic E-state index is 11.9. The molecule has 1 aliphatic heterocycles. The molecule has 15 heavy (non-hydrogen) atoms. The lowest BCUT2D eigenvalue weighted by atomic mass is 10.1. The van der Waals surface area contributed by atoms with E-state index in [9.17, 15) is 4.79 Å². The third-order valence-electron chi connectivity index (χ3n) is 2.94. The Morgan fingerprint density at radius 3 is 3.00 bits per heavy atom. The quantitative estimate of drug-likeness (QED) is 0.788. The van der Waals surface area contributed by atoms with Gasteiger partial charge in [0, 0.05) is 13.1 Å². The van der Waals surface area contributed by atoms with Crippen molar-refractivity contribution in [3.63, 3.8) is 0 Å². The summed E-state index contributed by atoms with van der Waals surface area (Å²) in [6.07, 6.45) is 2.24. The summed E-state index contributed by atoms with van der Waals surface area (Å²) < 4.78 is 0. The van der Waals surface area contributed by atoms with Crippen LogP contribution in [0.25, 0.3) is 0 Å². The first kappa shape index (κ1) is 10.1. The number of likely N-dealkylation sites (tertiary alicyclic amines) is 1. The van der Waals surface area contributed by atoms with Crippen LogP contribution in [-0.2, 0) is 0 Å². The second kappa shape index (κ2) is 4.00. The van der Waals surface area contributed by atoms with Crippen molar-refractivity contribution in [1.29, 1.82) is 0 Å². The van der Waals surface area contributed by atoms with Gasteiger partial charge in [0.15, 0.2) is 0 Å². The molecule has 1 aromatic rings. The van der Waals surface area contributed by atoms with Crippen LogP contribution in [0, 0.1) is 12.8 Å². The first-order valence-corrected chi connectivity index (χ1v) is 5.39. The highest BCUT2D eigenvalue weighted by molar-refractivity contribution is 5.90. The van der Waals surface area contributed by atoms with E-state index in [0.717, 1.165) is 25.9 Å². The topological polar surface area (TPSA) is 61.9 Å². The molecule has 1 aromatic heterocycles. The summed E-state index contributed by atoms with van der Waals surface area (Å²) in [4.78, 5) is 17.8. The summed E-state index contributed by atoms with van der Waals surface area (Å²) in [7, 11) is 0. The molecule has 82 valence electrons. The zero-order valence-corrected chi connectivity index (χ0v) is 9.16. The van der Waals surface area contributed by atoms with Crippen LogP contribution in [-0.4, -0.2) is 39.1 Å². The molecule has 1 saturated heterocycles. The maximum atomic E-state index is 11.9. The highest BCUT2D eigenvalue weighted by Crippen LogP contribution is 2.20. The number of nitrogens with zero attached hydrogens (tertiary/aromatic N) is 3. The number of H-pyrrole nitrogens is 1. The fourth-order valence-corrected chi connectivity index (χ4v) is 1.93. The minimum absolute atomic E-state index is 0.0460. The minimum atomic E-state index is -0.0460. The van der Waals surface area contributed by atoms with Crippen LogP contribution in [0.2, 0.25) is 0 Å². The second-order valence-corrected chi connectivity index (χ2v) is 4.06. The van der Waals surface area contributed by atoms with Crippen molar-refractivity contribution >= 4 is 5.91 Å². The molecule has 5 heteroatoms. The predicted octanol–water partition coefficient (Wildman–Crippen LogP) is 0.985. The maximum Gasteiger partial charge on any atom is 0.293 e. The van der Waals surface area contributed by atoms with E-state index in [0.29, 0.717) is 17.6 Å². The van der Waals surface area contributed by atoms with E-state index >= 15 is 0 Å². The van der Waals surface area contributed by atoms with Crippen molar-refractivity contribution in [3.8, 4) is 0 Å². The van der Waals surface area contributed by atoms with Crippen LogP contribution in [0.1, 0.15) is 36.2 Å². The fraction of sp³-hybridized carbons (Fsp3) is 0.700. The van der Waals surface area contributed by atoms with Crippen LogP contribution in [0.5, 0.6) is 0 Å². The smallest absolute Gasteiger partial charge is 0.293 e. The van der Waals surface area contributed by atoms with Gasteiger partial charge in [0.25, 0.3) is 5.91 Å². The fourth-order valence-electron chi connectivity index (χ4n) is 1.93. The molecule has 0 bridgehead atoms. The molecule has 0 spiro atoms. The van der Waals surface area contributed by atoms with Gasteiger partial charge in [0.2, 0.25) is 5.82 Å². The molecular weight excluding hydrogens is 192 g/mol. The molecule has 1 atom stereocenters. The number of rotatable bonds is 2. The van der Waals surface area contributed by atoms with Crippen LogP contribution in [0.15, 0.2) is 0 Å². The second-order valence-electron chi connectivity index (χ2n) is 4.06. The van der Waals surface area contributed by atoms with Crippen molar-refractivity contribution in [2.24, 2.45) is 5.92 Å². The van der Waals surface area contributed by atoms with Crippen LogP contribution in [0.3, 0.4) is 0 Å². The van der Waals surface area contributed by atoms with Gasteiger partial charge in [-0.3, -0.25) is 9.89 Å². The number of amides is 1. The molecule has 1 fully saturated rings. The van der Waals surface area contributed by atoms with Gasteiger partial charge >= 0.3 is 0 Å². The van der Waals surface area contributed by atoms with Crippen molar-refractivity contribution in [2.45, 2.75) is 26.7 Å². The number of carbonyl (C=O) groups excluding carboxylic acids is 1. The van der Waals surface area contributed by atoms with Gasteiger partial charge < -0.3 is 4.90 Å². The van der Waals surface area contributed by atoms with Crippen LogP contribution >= 0.6 is 0 Å². The Hall–Kier alpha value is -1.39. The molecule has 2 heterocycles. The van der Waals surface area contributed by atoms with Gasteiger partial charge in [-0.1, -0.05) is 13.3 Å². The Kier molecular flexibility index (Phi) is 2.70. The number of hydrogen-bond acceptors (Lipinski definition) is 3. The van der Waals surface area contributed by atoms with Crippen molar-refractivity contribution < 1.29 is 4.79 Å². The average molecular weight is 208 g/mol. The normalized spacial score (nSPS) is 20.9. The van der Waals surface area contributed by atoms with Crippen molar-refractivity contribution in [3.05, 3.63) is 11.6 Å². The molecule has 1 aliphatic rings. The summed E-state index contributed by atoms with van der Waals surface area (Å²) in [5, 5.41) is 6.57. The Labute approximate surface area is 88.9 Å². The van der Waals surface area contributed by atoms with Gasteiger partial charge in [0.05, 0.1) is 0 Å². The SMILES string of the molecule is CCC1CCN(C(=O)c2n[nH]c(C)n2)C1. The lowest BCUT2D eigenvalue weighted by Gasteiger charge is -2.13. The highest BCUT2D eigenvalue weighted by Gasteiger charge is 2.27.